The quantitative estimate of drug-likeness (QED) is 0.655. The van der Waals surface area contributed by atoms with Gasteiger partial charge >= 0.3 is 0 Å². The number of nitrogens with one attached hydrogen (secondary N) is 1. The first-order valence-corrected chi connectivity index (χ1v) is 6.66. The molecule has 0 saturated carbocycles. The smallest absolute Gasteiger partial charge is 0.142 e. The minimum Gasteiger partial charge on any atom is -0.507 e. The van der Waals surface area contributed by atoms with Crippen molar-refractivity contribution in [2.24, 2.45) is 0 Å². The molecule has 0 amide bonds. The maximum absolute atomic E-state index is 9.90. The third-order valence-electron chi connectivity index (χ3n) is 2.85. The van der Waals surface area contributed by atoms with Crippen molar-refractivity contribution in [1.29, 1.82) is 0 Å². The molecule has 2 N–H and O–H groups in total. The third-order valence-corrected chi connectivity index (χ3v) is 3.52. The Bertz CT molecular complexity index is 734. The molecular formula is C14H11IN2O. The maximum atomic E-state index is 9.90. The fourth-order valence-corrected chi connectivity index (χ4v) is 2.44. The van der Waals surface area contributed by atoms with Crippen LogP contribution < -0.4 is 0 Å². The van der Waals surface area contributed by atoms with Crippen molar-refractivity contribution in [1.82, 2.24) is 9.97 Å². The number of H-pyrrole nitrogens is 1. The van der Waals surface area contributed by atoms with E-state index in [4.69, 9.17) is 0 Å². The number of hydrogen-bond donors (Lipinski definition) is 2. The minimum absolute atomic E-state index is 0.242. The topological polar surface area (TPSA) is 48.9 Å². The molecule has 3 rings (SSSR count). The molecule has 0 saturated heterocycles. The summed E-state index contributed by atoms with van der Waals surface area (Å²) in [4.78, 5) is 7.75. The van der Waals surface area contributed by atoms with Crippen molar-refractivity contribution >= 4 is 33.6 Å². The predicted octanol–water partition coefficient (Wildman–Crippen LogP) is 3.85. The Morgan fingerprint density at radius 2 is 2.00 bits per heavy atom. The summed E-state index contributed by atoms with van der Waals surface area (Å²) in [6.45, 7) is 2.04. The lowest BCUT2D eigenvalue weighted by Gasteiger charge is -2.01. The zero-order chi connectivity index (χ0) is 12.7. The van der Waals surface area contributed by atoms with Gasteiger partial charge in [-0.05, 0) is 65.4 Å². The largest absolute Gasteiger partial charge is 0.507 e. The van der Waals surface area contributed by atoms with Gasteiger partial charge in [-0.15, -0.1) is 0 Å². The first kappa shape index (κ1) is 11.5. The fourth-order valence-electron chi connectivity index (χ4n) is 1.95. The SMILES string of the molecule is Cc1ccc2nc(-c3cc(I)ccc3O)[nH]c2c1. The molecule has 90 valence electrons. The van der Waals surface area contributed by atoms with E-state index in [1.54, 1.807) is 6.07 Å². The Morgan fingerprint density at radius 3 is 2.83 bits per heavy atom. The number of aromatic hydroxyl groups is 1. The van der Waals surface area contributed by atoms with E-state index in [-0.39, 0.29) is 5.75 Å². The van der Waals surface area contributed by atoms with Gasteiger partial charge in [-0.2, -0.15) is 0 Å². The van der Waals surface area contributed by atoms with Crippen LogP contribution in [-0.2, 0) is 0 Å². The Kier molecular flexibility index (Phi) is 2.74. The van der Waals surface area contributed by atoms with E-state index < -0.39 is 0 Å². The van der Waals surface area contributed by atoms with Gasteiger partial charge in [0.25, 0.3) is 0 Å². The van der Waals surface area contributed by atoms with Crippen LogP contribution in [0.15, 0.2) is 36.4 Å². The number of fused-ring (bicyclic) bond motifs is 1. The number of aryl methyl sites for hydroxylation is 1. The molecule has 0 radical (unpaired) electrons. The van der Waals surface area contributed by atoms with Crippen molar-refractivity contribution in [3.05, 3.63) is 45.5 Å². The summed E-state index contributed by atoms with van der Waals surface area (Å²) < 4.78 is 1.07. The van der Waals surface area contributed by atoms with E-state index in [1.807, 2.05) is 31.2 Å². The number of benzene rings is 2. The summed E-state index contributed by atoms with van der Waals surface area (Å²) in [6.07, 6.45) is 0. The van der Waals surface area contributed by atoms with E-state index in [0.717, 1.165) is 20.2 Å². The number of hydrogen-bond acceptors (Lipinski definition) is 2. The van der Waals surface area contributed by atoms with Crippen molar-refractivity contribution in [3.63, 3.8) is 0 Å². The molecule has 0 aliphatic rings. The van der Waals surface area contributed by atoms with Crippen LogP contribution in [0.5, 0.6) is 5.75 Å². The summed E-state index contributed by atoms with van der Waals surface area (Å²) >= 11 is 2.22. The molecule has 4 heteroatoms. The zero-order valence-corrected chi connectivity index (χ0v) is 11.9. The van der Waals surface area contributed by atoms with Gasteiger partial charge in [-0.3, -0.25) is 0 Å². The maximum Gasteiger partial charge on any atom is 0.142 e. The summed E-state index contributed by atoms with van der Waals surface area (Å²) in [6, 6.07) is 11.5. The summed E-state index contributed by atoms with van der Waals surface area (Å²) in [5.41, 5.74) is 3.82. The van der Waals surface area contributed by atoms with Gasteiger partial charge in [-0.1, -0.05) is 6.07 Å². The highest BCUT2D eigenvalue weighted by Gasteiger charge is 2.10. The van der Waals surface area contributed by atoms with Gasteiger partial charge in [0.2, 0.25) is 0 Å². The van der Waals surface area contributed by atoms with Gasteiger partial charge in [0.05, 0.1) is 16.6 Å². The number of halogens is 1. The number of imidazole rings is 1. The minimum atomic E-state index is 0.242. The van der Waals surface area contributed by atoms with Crippen LogP contribution >= 0.6 is 22.6 Å². The fraction of sp³-hybridized carbons (Fsp3) is 0.0714. The molecule has 18 heavy (non-hydrogen) atoms. The Hall–Kier alpha value is -1.56. The van der Waals surface area contributed by atoms with Crippen LogP contribution in [-0.4, -0.2) is 15.1 Å². The Labute approximate surface area is 118 Å². The van der Waals surface area contributed by atoms with E-state index in [0.29, 0.717) is 5.82 Å². The van der Waals surface area contributed by atoms with Crippen LogP contribution in [0.2, 0.25) is 0 Å². The van der Waals surface area contributed by atoms with Crippen LogP contribution in [0, 0.1) is 10.5 Å². The molecular weight excluding hydrogens is 339 g/mol. The molecule has 1 aromatic heterocycles. The highest BCUT2D eigenvalue weighted by molar-refractivity contribution is 14.1. The van der Waals surface area contributed by atoms with Gasteiger partial charge < -0.3 is 10.1 Å². The molecule has 0 fully saturated rings. The number of phenols is 1. The molecule has 0 unspecified atom stereocenters. The lowest BCUT2D eigenvalue weighted by molar-refractivity contribution is 0.477. The standard InChI is InChI=1S/C14H11IN2O/c1-8-2-4-11-12(6-8)17-14(16-11)10-7-9(15)3-5-13(10)18/h2-7,18H,1H3,(H,16,17). The van der Waals surface area contributed by atoms with Gasteiger partial charge in [0.1, 0.15) is 11.6 Å². The van der Waals surface area contributed by atoms with Crippen LogP contribution in [0.1, 0.15) is 5.56 Å². The molecule has 0 aliphatic heterocycles. The number of nitrogens with zero attached hydrogens (tertiary/aromatic N) is 1. The second kappa shape index (κ2) is 4.28. The summed E-state index contributed by atoms with van der Waals surface area (Å²) in [5, 5.41) is 9.90. The predicted molar refractivity (Wildman–Crippen MR) is 80.6 cm³/mol. The molecule has 0 atom stereocenters. The van der Waals surface area contributed by atoms with Crippen LogP contribution in [0.3, 0.4) is 0 Å². The second-order valence-electron chi connectivity index (χ2n) is 4.27. The average molecular weight is 350 g/mol. The van der Waals surface area contributed by atoms with E-state index >= 15 is 0 Å². The van der Waals surface area contributed by atoms with Gasteiger partial charge in [0, 0.05) is 3.57 Å². The van der Waals surface area contributed by atoms with E-state index in [9.17, 15) is 5.11 Å². The monoisotopic (exact) mass is 350 g/mol. The molecule has 0 aliphatic carbocycles. The summed E-state index contributed by atoms with van der Waals surface area (Å²) in [5.74, 6) is 0.942. The number of aromatic amines is 1. The zero-order valence-electron chi connectivity index (χ0n) is 9.74. The third kappa shape index (κ3) is 1.96. The number of phenolic OH excluding ortho intramolecular Hbond substituents is 1. The van der Waals surface area contributed by atoms with Crippen LogP contribution in [0.4, 0.5) is 0 Å². The molecule has 0 spiro atoms. The first-order chi connectivity index (χ1) is 8.63. The van der Waals surface area contributed by atoms with Gasteiger partial charge in [0.15, 0.2) is 0 Å². The van der Waals surface area contributed by atoms with Crippen LogP contribution in [0.25, 0.3) is 22.4 Å². The Balaban J connectivity index is 2.22. The number of rotatable bonds is 1. The van der Waals surface area contributed by atoms with Crippen molar-refractivity contribution in [2.45, 2.75) is 6.92 Å². The summed E-state index contributed by atoms with van der Waals surface area (Å²) in [7, 11) is 0. The van der Waals surface area contributed by atoms with Crippen molar-refractivity contribution in [3.8, 4) is 17.1 Å². The second-order valence-corrected chi connectivity index (χ2v) is 5.51. The van der Waals surface area contributed by atoms with Crippen molar-refractivity contribution in [2.75, 3.05) is 0 Å². The first-order valence-electron chi connectivity index (χ1n) is 5.59. The molecule has 0 bridgehead atoms. The molecule has 2 aromatic carbocycles. The lowest BCUT2D eigenvalue weighted by atomic mass is 10.2. The highest BCUT2D eigenvalue weighted by Crippen LogP contribution is 2.30. The Morgan fingerprint density at radius 1 is 1.17 bits per heavy atom. The average Bonchev–Trinajstić information content (AvgIpc) is 2.74. The normalized spacial score (nSPS) is 11.0. The highest BCUT2D eigenvalue weighted by atomic mass is 127. The lowest BCUT2D eigenvalue weighted by Crippen LogP contribution is -1.83. The number of aromatic nitrogens is 2. The van der Waals surface area contributed by atoms with E-state index in [1.165, 1.54) is 5.56 Å². The molecule has 3 aromatic rings. The van der Waals surface area contributed by atoms with Gasteiger partial charge in [-0.25, -0.2) is 4.98 Å². The molecule has 1 heterocycles. The van der Waals surface area contributed by atoms with Crippen molar-refractivity contribution < 1.29 is 5.11 Å². The molecule has 3 nitrogen and oxygen atoms in total. The van der Waals surface area contributed by atoms with E-state index in [2.05, 4.69) is 38.6 Å².